The third-order valence-electron chi connectivity index (χ3n) is 12.3. The van der Waals surface area contributed by atoms with Crippen LogP contribution < -0.4 is 0 Å². The monoisotopic (exact) mass is 843 g/mol. The van der Waals surface area contributed by atoms with E-state index >= 15 is 0 Å². The van der Waals surface area contributed by atoms with Crippen LogP contribution in [0.5, 0.6) is 0 Å². The highest BCUT2D eigenvalue weighted by molar-refractivity contribution is 7.80. The van der Waals surface area contributed by atoms with Crippen molar-refractivity contribution in [3.8, 4) is 0 Å². The van der Waals surface area contributed by atoms with E-state index in [0.29, 0.717) is 5.05 Å². The minimum absolute atomic E-state index is 0.100. The lowest BCUT2D eigenvalue weighted by Crippen LogP contribution is -2.34. The van der Waals surface area contributed by atoms with Crippen molar-refractivity contribution in [2.45, 2.75) is 277 Å². The van der Waals surface area contributed by atoms with E-state index in [4.69, 9.17) is 17.0 Å². The molecule has 3 nitrogen and oxygen atoms in total. The van der Waals surface area contributed by atoms with E-state index < -0.39 is 6.10 Å². The molecule has 2 N–H and O–H groups in total. The number of thiocarbonyl (C=S) groups is 1. The third kappa shape index (κ3) is 40.6. The summed E-state index contributed by atoms with van der Waals surface area (Å²) in [5.41, 5.74) is -0.104. The maximum absolute atomic E-state index is 10.2. The van der Waals surface area contributed by atoms with Crippen molar-refractivity contribution in [3.05, 3.63) is 48.6 Å². The minimum atomic E-state index is -0.874. The molecule has 0 radical (unpaired) electrons. The van der Waals surface area contributed by atoms with Gasteiger partial charge in [0, 0.05) is 5.41 Å². The third-order valence-corrected chi connectivity index (χ3v) is 12.8. The molecule has 0 aromatic heterocycles. The largest absolute Gasteiger partial charge is 0.484 e. The molecular formula is C55H102O3S. The molecule has 0 heterocycles. The van der Waals surface area contributed by atoms with Gasteiger partial charge in [0.05, 0.1) is 6.61 Å². The van der Waals surface area contributed by atoms with Gasteiger partial charge in [-0.15, -0.1) is 0 Å². The van der Waals surface area contributed by atoms with Gasteiger partial charge >= 0.3 is 0 Å². The first-order valence-corrected chi connectivity index (χ1v) is 26.5. The zero-order valence-corrected chi connectivity index (χ0v) is 40.7. The van der Waals surface area contributed by atoms with Gasteiger partial charge in [0.25, 0.3) is 0 Å². The number of unbranched alkanes of at least 4 members (excludes halogenated alkanes) is 29. The van der Waals surface area contributed by atoms with Crippen molar-refractivity contribution in [1.82, 2.24) is 0 Å². The van der Waals surface area contributed by atoms with Gasteiger partial charge in [-0.3, -0.25) is 0 Å². The Morgan fingerprint density at radius 1 is 0.424 bits per heavy atom. The number of aliphatic hydroxyl groups excluding tert-OH is 2. The van der Waals surface area contributed by atoms with Crippen molar-refractivity contribution < 1.29 is 14.9 Å². The predicted molar refractivity (Wildman–Crippen MR) is 268 cm³/mol. The Labute approximate surface area is 375 Å². The first-order valence-electron chi connectivity index (χ1n) is 26.1. The van der Waals surface area contributed by atoms with Crippen molar-refractivity contribution in [2.24, 2.45) is 5.41 Å². The second-order valence-electron chi connectivity index (χ2n) is 18.0. The Hall–Kier alpha value is -1.23. The average molecular weight is 843 g/mol. The van der Waals surface area contributed by atoms with E-state index in [1.165, 1.54) is 218 Å². The fraction of sp³-hybridized carbons (Fsp3) is 0.836. The molecule has 0 aromatic carbocycles. The topological polar surface area (TPSA) is 49.7 Å². The van der Waals surface area contributed by atoms with E-state index in [0.717, 1.165) is 32.1 Å². The predicted octanol–water partition coefficient (Wildman–Crippen LogP) is 18.2. The summed E-state index contributed by atoms with van der Waals surface area (Å²) in [6.45, 7) is 6.64. The van der Waals surface area contributed by atoms with Crippen LogP contribution >= 0.6 is 12.2 Å². The molecule has 59 heavy (non-hydrogen) atoms. The van der Waals surface area contributed by atoms with Gasteiger partial charge in [0.15, 0.2) is 5.05 Å². The molecule has 0 saturated carbocycles. The van der Waals surface area contributed by atoms with Gasteiger partial charge < -0.3 is 14.9 Å². The molecule has 0 fully saturated rings. The molecule has 0 aliphatic rings. The molecule has 0 amide bonds. The number of ether oxygens (including phenoxy) is 1. The zero-order chi connectivity index (χ0) is 43.0. The highest BCUT2D eigenvalue weighted by atomic mass is 32.1. The fourth-order valence-corrected chi connectivity index (χ4v) is 8.64. The molecule has 0 aromatic rings. The summed E-state index contributed by atoms with van der Waals surface area (Å²) in [4.78, 5) is 0. The van der Waals surface area contributed by atoms with Crippen LogP contribution in [0, 0.1) is 5.41 Å². The van der Waals surface area contributed by atoms with Gasteiger partial charge in [-0.2, -0.15) is 0 Å². The number of hydrogen-bond acceptors (Lipinski definition) is 4. The molecule has 0 bridgehead atoms. The van der Waals surface area contributed by atoms with Crippen LogP contribution in [0.4, 0.5) is 0 Å². The summed E-state index contributed by atoms with van der Waals surface area (Å²) in [7, 11) is 0. The maximum Gasteiger partial charge on any atom is 0.165 e. The molecule has 0 aliphatic heterocycles. The Balaban J connectivity index is 4.94. The minimum Gasteiger partial charge on any atom is -0.484 e. The molecule has 0 saturated heterocycles. The summed E-state index contributed by atoms with van der Waals surface area (Å²) in [6.07, 6.45) is 67.7. The van der Waals surface area contributed by atoms with Crippen molar-refractivity contribution in [2.75, 3.05) is 13.2 Å². The van der Waals surface area contributed by atoms with E-state index in [2.05, 4.69) is 69.4 Å². The Morgan fingerprint density at radius 3 is 1.02 bits per heavy atom. The number of aliphatic hydroxyl groups is 2. The van der Waals surface area contributed by atoms with Crippen molar-refractivity contribution >= 4 is 17.3 Å². The molecule has 4 heteroatoms. The summed E-state index contributed by atoms with van der Waals surface area (Å²) < 4.78 is 6.18. The van der Waals surface area contributed by atoms with E-state index in [9.17, 15) is 10.2 Å². The second-order valence-corrected chi connectivity index (χ2v) is 18.4. The van der Waals surface area contributed by atoms with Crippen LogP contribution in [0.3, 0.4) is 0 Å². The van der Waals surface area contributed by atoms with Gasteiger partial charge in [-0.1, -0.05) is 236 Å². The summed E-state index contributed by atoms with van der Waals surface area (Å²) in [5.74, 6) is 0. The lowest BCUT2D eigenvalue weighted by atomic mass is 9.74. The Bertz CT molecular complexity index is 919. The second kappa shape index (κ2) is 47.8. The molecule has 1 atom stereocenters. The van der Waals surface area contributed by atoms with E-state index in [1.807, 2.05) is 0 Å². The fourth-order valence-electron chi connectivity index (χ4n) is 8.27. The smallest absolute Gasteiger partial charge is 0.165 e. The van der Waals surface area contributed by atoms with Crippen LogP contribution in [-0.2, 0) is 4.74 Å². The zero-order valence-electron chi connectivity index (χ0n) is 39.9. The van der Waals surface area contributed by atoms with Crippen LogP contribution in [-0.4, -0.2) is 34.6 Å². The molecule has 346 valence electrons. The summed E-state index contributed by atoms with van der Waals surface area (Å²) in [6, 6.07) is 0. The Morgan fingerprint density at radius 2 is 0.695 bits per heavy atom. The number of rotatable bonds is 47. The van der Waals surface area contributed by atoms with Crippen molar-refractivity contribution in [3.63, 3.8) is 0 Å². The quantitative estimate of drug-likeness (QED) is 0.0364. The average Bonchev–Trinajstić information content (AvgIpc) is 3.25. The SMILES string of the molecule is CCCCC/C=C\C/C=C\CCCCCCCCC(CCCCCCCC/C=C\C/C=C\CCCCC)(CCCCCCCCCCCCCC)C(=S)OCC(O)CO. The highest BCUT2D eigenvalue weighted by Crippen LogP contribution is 2.40. The van der Waals surface area contributed by atoms with Gasteiger partial charge in [-0.05, 0) is 95.7 Å². The van der Waals surface area contributed by atoms with Crippen molar-refractivity contribution in [1.29, 1.82) is 0 Å². The standard InChI is InChI=1S/C55H102O3S/c1-4-7-10-13-16-19-22-25-27-29-31-34-37-40-43-46-49-55(54(59)58-52-53(57)51-56,48-45-42-39-36-33-24-21-18-15-12-9-6-3)50-47-44-41-38-35-32-30-28-26-23-20-17-14-11-8-5-2/h16-17,19-20,25-28,53,56-57H,4-15,18,21-24,29-52H2,1-3H3/b19-16-,20-17-,27-25-,28-26-. The lowest BCUT2D eigenvalue weighted by molar-refractivity contribution is 0.0439. The molecule has 0 rings (SSSR count). The normalized spacial score (nSPS) is 13.0. The molecule has 1 unspecified atom stereocenters. The molecular weight excluding hydrogens is 741 g/mol. The van der Waals surface area contributed by atoms with Gasteiger partial charge in [0.1, 0.15) is 12.7 Å². The van der Waals surface area contributed by atoms with Gasteiger partial charge in [-0.25, -0.2) is 0 Å². The molecule has 0 spiro atoms. The Kier molecular flexibility index (Phi) is 46.8. The van der Waals surface area contributed by atoms with Crippen LogP contribution in [0.2, 0.25) is 0 Å². The van der Waals surface area contributed by atoms with Gasteiger partial charge in [0.2, 0.25) is 0 Å². The summed E-state index contributed by atoms with van der Waals surface area (Å²) >= 11 is 6.12. The van der Waals surface area contributed by atoms with Crippen LogP contribution in [0.25, 0.3) is 0 Å². The van der Waals surface area contributed by atoms with E-state index in [-0.39, 0.29) is 18.6 Å². The number of allylic oxidation sites excluding steroid dienone is 8. The van der Waals surface area contributed by atoms with Crippen LogP contribution in [0.15, 0.2) is 48.6 Å². The lowest BCUT2D eigenvalue weighted by Gasteiger charge is -2.35. The molecule has 0 aliphatic carbocycles. The maximum atomic E-state index is 10.2. The first kappa shape index (κ1) is 57.8. The van der Waals surface area contributed by atoms with E-state index in [1.54, 1.807) is 0 Å². The first-order chi connectivity index (χ1) is 29.1. The van der Waals surface area contributed by atoms with Crippen LogP contribution in [0.1, 0.15) is 271 Å². The highest BCUT2D eigenvalue weighted by Gasteiger charge is 2.35. The summed E-state index contributed by atoms with van der Waals surface area (Å²) in [5, 5.41) is 20.4. The number of hydrogen-bond donors (Lipinski definition) is 2.